The zero-order chi connectivity index (χ0) is 13.9. The lowest BCUT2D eigenvalue weighted by Gasteiger charge is -2.14. The first-order valence-electron chi connectivity index (χ1n) is 5.61. The number of nitrogens with one attached hydrogen (secondary N) is 1. The standard InChI is InChI=1S/C11H17N3O4/c1-7(2)9(15)6-12-11(16)8-4-5-10(13(8)3)14(17)18/h4-5,7,9,15H,6H2,1-3H3,(H,12,16). The van der Waals surface area contributed by atoms with E-state index >= 15 is 0 Å². The van der Waals surface area contributed by atoms with Crippen LogP contribution in [0.25, 0.3) is 0 Å². The molecular weight excluding hydrogens is 238 g/mol. The van der Waals surface area contributed by atoms with Crippen molar-refractivity contribution in [2.75, 3.05) is 6.54 Å². The summed E-state index contributed by atoms with van der Waals surface area (Å²) in [4.78, 5) is 21.8. The molecule has 1 rings (SSSR count). The molecule has 0 aliphatic carbocycles. The third kappa shape index (κ3) is 3.07. The monoisotopic (exact) mass is 255 g/mol. The molecule has 2 N–H and O–H groups in total. The van der Waals surface area contributed by atoms with Gasteiger partial charge < -0.3 is 20.5 Å². The van der Waals surface area contributed by atoms with Crippen molar-refractivity contribution in [2.24, 2.45) is 13.0 Å². The number of carbonyl (C=O) groups is 1. The van der Waals surface area contributed by atoms with Gasteiger partial charge in [0.25, 0.3) is 5.91 Å². The molecule has 0 aliphatic heterocycles. The van der Waals surface area contributed by atoms with E-state index in [1.807, 2.05) is 13.8 Å². The molecule has 1 heterocycles. The van der Waals surface area contributed by atoms with E-state index in [4.69, 9.17) is 0 Å². The van der Waals surface area contributed by atoms with Crippen LogP contribution in [0.4, 0.5) is 5.82 Å². The first-order chi connectivity index (χ1) is 8.34. The Balaban J connectivity index is 2.71. The van der Waals surface area contributed by atoms with Gasteiger partial charge in [-0.2, -0.15) is 0 Å². The number of amides is 1. The Labute approximate surface area is 105 Å². The van der Waals surface area contributed by atoms with Crippen molar-refractivity contribution in [2.45, 2.75) is 20.0 Å². The van der Waals surface area contributed by atoms with Gasteiger partial charge in [-0.1, -0.05) is 13.8 Å². The Morgan fingerprint density at radius 3 is 2.61 bits per heavy atom. The summed E-state index contributed by atoms with van der Waals surface area (Å²) in [6.07, 6.45) is -0.635. The first-order valence-corrected chi connectivity index (χ1v) is 5.61. The summed E-state index contributed by atoms with van der Waals surface area (Å²) in [6, 6.07) is 2.66. The Morgan fingerprint density at radius 2 is 2.17 bits per heavy atom. The molecule has 0 saturated heterocycles. The van der Waals surface area contributed by atoms with Gasteiger partial charge in [0, 0.05) is 12.6 Å². The number of hydrogen-bond donors (Lipinski definition) is 2. The molecule has 0 aliphatic rings. The number of rotatable bonds is 5. The maximum atomic E-state index is 11.8. The minimum Gasteiger partial charge on any atom is -0.391 e. The zero-order valence-electron chi connectivity index (χ0n) is 10.6. The van der Waals surface area contributed by atoms with Crippen LogP contribution in [0.1, 0.15) is 24.3 Å². The summed E-state index contributed by atoms with van der Waals surface area (Å²) < 4.78 is 1.21. The fraction of sp³-hybridized carbons (Fsp3) is 0.545. The van der Waals surface area contributed by atoms with E-state index < -0.39 is 16.9 Å². The molecule has 7 heteroatoms. The van der Waals surface area contributed by atoms with Gasteiger partial charge in [0.15, 0.2) is 5.69 Å². The van der Waals surface area contributed by atoms with Crippen molar-refractivity contribution in [3.05, 3.63) is 27.9 Å². The van der Waals surface area contributed by atoms with Crippen LogP contribution in [0.15, 0.2) is 12.1 Å². The normalized spacial score (nSPS) is 12.5. The average Bonchev–Trinajstić information content (AvgIpc) is 2.67. The second kappa shape index (κ2) is 5.63. The molecule has 7 nitrogen and oxygen atoms in total. The molecule has 1 aromatic rings. The molecule has 100 valence electrons. The van der Waals surface area contributed by atoms with Crippen LogP contribution >= 0.6 is 0 Å². The van der Waals surface area contributed by atoms with Crippen LogP contribution < -0.4 is 5.32 Å². The predicted molar refractivity (Wildman–Crippen MR) is 65.2 cm³/mol. The summed E-state index contributed by atoms with van der Waals surface area (Å²) in [5.41, 5.74) is 0.192. The van der Waals surface area contributed by atoms with Crippen molar-refractivity contribution >= 4 is 11.7 Å². The maximum absolute atomic E-state index is 11.8. The van der Waals surface area contributed by atoms with E-state index in [2.05, 4.69) is 5.32 Å². The molecule has 1 unspecified atom stereocenters. The molecule has 0 aromatic carbocycles. The SMILES string of the molecule is CC(C)C(O)CNC(=O)c1ccc([N+](=O)[O-])n1C. The average molecular weight is 255 g/mol. The van der Waals surface area contributed by atoms with Gasteiger partial charge in [-0.3, -0.25) is 4.79 Å². The molecule has 0 radical (unpaired) electrons. The summed E-state index contributed by atoms with van der Waals surface area (Å²) in [7, 11) is 1.45. The molecule has 0 saturated carbocycles. The quantitative estimate of drug-likeness (QED) is 0.597. The highest BCUT2D eigenvalue weighted by Gasteiger charge is 2.21. The Kier molecular flexibility index (Phi) is 4.43. The Morgan fingerprint density at radius 1 is 1.56 bits per heavy atom. The lowest BCUT2D eigenvalue weighted by Crippen LogP contribution is -2.35. The summed E-state index contributed by atoms with van der Waals surface area (Å²) in [5.74, 6) is -0.553. The number of hydrogen-bond acceptors (Lipinski definition) is 4. The fourth-order valence-corrected chi connectivity index (χ4v) is 1.44. The van der Waals surface area contributed by atoms with E-state index in [9.17, 15) is 20.0 Å². The summed E-state index contributed by atoms with van der Waals surface area (Å²) >= 11 is 0. The number of aliphatic hydroxyl groups excluding tert-OH is 1. The van der Waals surface area contributed by atoms with Crippen molar-refractivity contribution in [1.82, 2.24) is 9.88 Å². The third-order valence-electron chi connectivity index (χ3n) is 2.76. The van der Waals surface area contributed by atoms with Crippen LogP contribution in [0.2, 0.25) is 0 Å². The van der Waals surface area contributed by atoms with Gasteiger partial charge in [0.2, 0.25) is 0 Å². The van der Waals surface area contributed by atoms with Crippen LogP contribution in [0.3, 0.4) is 0 Å². The van der Waals surface area contributed by atoms with Gasteiger partial charge in [-0.05, 0) is 16.9 Å². The van der Waals surface area contributed by atoms with Crippen LogP contribution in [0.5, 0.6) is 0 Å². The third-order valence-corrected chi connectivity index (χ3v) is 2.76. The minimum absolute atomic E-state index is 0.0352. The fourth-order valence-electron chi connectivity index (χ4n) is 1.44. The molecule has 1 aromatic heterocycles. The van der Waals surface area contributed by atoms with Gasteiger partial charge in [-0.25, -0.2) is 4.57 Å². The smallest absolute Gasteiger partial charge is 0.323 e. The van der Waals surface area contributed by atoms with E-state index in [0.29, 0.717) is 0 Å². The lowest BCUT2D eigenvalue weighted by molar-refractivity contribution is -0.391. The molecule has 0 bridgehead atoms. The molecule has 1 amide bonds. The van der Waals surface area contributed by atoms with Crippen molar-refractivity contribution < 1.29 is 14.8 Å². The Hall–Kier alpha value is -1.89. The van der Waals surface area contributed by atoms with Crippen molar-refractivity contribution in [3.63, 3.8) is 0 Å². The molecule has 0 spiro atoms. The Bertz CT molecular complexity index is 453. The molecular formula is C11H17N3O4. The largest absolute Gasteiger partial charge is 0.391 e. The summed E-state index contributed by atoms with van der Waals surface area (Å²) in [5, 5.41) is 22.7. The predicted octanol–water partition coefficient (Wildman–Crippen LogP) is 0.680. The van der Waals surface area contributed by atoms with E-state index in [-0.39, 0.29) is 24.0 Å². The van der Waals surface area contributed by atoms with E-state index in [0.717, 1.165) is 0 Å². The van der Waals surface area contributed by atoms with E-state index in [1.165, 1.54) is 23.7 Å². The van der Waals surface area contributed by atoms with Crippen LogP contribution in [0, 0.1) is 16.0 Å². The van der Waals surface area contributed by atoms with Crippen LogP contribution in [-0.2, 0) is 7.05 Å². The van der Waals surface area contributed by atoms with Gasteiger partial charge in [-0.15, -0.1) is 0 Å². The summed E-state index contributed by atoms with van der Waals surface area (Å²) in [6.45, 7) is 3.80. The molecule has 1 atom stereocenters. The number of carbonyl (C=O) groups excluding carboxylic acids is 1. The highest BCUT2D eigenvalue weighted by Crippen LogP contribution is 2.14. The number of nitro groups is 1. The number of aromatic nitrogens is 1. The zero-order valence-corrected chi connectivity index (χ0v) is 10.6. The van der Waals surface area contributed by atoms with Gasteiger partial charge >= 0.3 is 5.82 Å². The highest BCUT2D eigenvalue weighted by atomic mass is 16.6. The molecule has 0 fully saturated rings. The minimum atomic E-state index is -0.635. The lowest BCUT2D eigenvalue weighted by atomic mass is 10.1. The topological polar surface area (TPSA) is 97.4 Å². The first kappa shape index (κ1) is 14.2. The highest BCUT2D eigenvalue weighted by molar-refractivity contribution is 5.93. The van der Waals surface area contributed by atoms with Crippen molar-refractivity contribution in [3.8, 4) is 0 Å². The number of aliphatic hydroxyl groups is 1. The van der Waals surface area contributed by atoms with Gasteiger partial charge in [0.05, 0.1) is 13.2 Å². The number of nitrogens with zero attached hydrogens (tertiary/aromatic N) is 2. The molecule has 18 heavy (non-hydrogen) atoms. The second-order valence-corrected chi connectivity index (χ2v) is 4.41. The second-order valence-electron chi connectivity index (χ2n) is 4.41. The van der Waals surface area contributed by atoms with Crippen molar-refractivity contribution in [1.29, 1.82) is 0 Å². The maximum Gasteiger partial charge on any atom is 0.323 e. The van der Waals surface area contributed by atoms with E-state index in [1.54, 1.807) is 0 Å². The van der Waals surface area contributed by atoms with Gasteiger partial charge in [0.1, 0.15) is 0 Å². The van der Waals surface area contributed by atoms with Crippen LogP contribution in [-0.4, -0.2) is 33.2 Å².